The number of aryl methyl sites for hydroxylation is 1. The van der Waals surface area contributed by atoms with Gasteiger partial charge in [0, 0.05) is 24.8 Å². The number of hydrogen-bond donors (Lipinski definition) is 1. The molecule has 100 valence electrons. The maximum Gasteiger partial charge on any atom is 0.0415 e. The lowest BCUT2D eigenvalue weighted by Crippen LogP contribution is -2.45. The van der Waals surface area contributed by atoms with Crippen molar-refractivity contribution in [1.82, 2.24) is 0 Å². The fourth-order valence-corrected chi connectivity index (χ4v) is 2.68. The molecule has 0 amide bonds. The lowest BCUT2D eigenvalue weighted by Gasteiger charge is -2.39. The summed E-state index contributed by atoms with van der Waals surface area (Å²) >= 11 is 0. The third-order valence-electron chi connectivity index (χ3n) is 3.86. The van der Waals surface area contributed by atoms with Crippen LogP contribution in [0.5, 0.6) is 0 Å². The first kappa shape index (κ1) is 13.4. The Hall–Kier alpha value is -1.02. The number of anilines is 1. The zero-order chi connectivity index (χ0) is 13.2. The molecular formula is C16H26N2. The Kier molecular flexibility index (Phi) is 3.96. The van der Waals surface area contributed by atoms with Crippen LogP contribution in [0.25, 0.3) is 0 Å². The average Bonchev–Trinajstić information content (AvgIpc) is 2.34. The summed E-state index contributed by atoms with van der Waals surface area (Å²) < 4.78 is 0. The second kappa shape index (κ2) is 5.31. The molecule has 1 aromatic carbocycles. The van der Waals surface area contributed by atoms with Crippen LogP contribution in [-0.4, -0.2) is 19.1 Å². The molecule has 0 aromatic heterocycles. The molecular weight excluding hydrogens is 220 g/mol. The van der Waals surface area contributed by atoms with Gasteiger partial charge in [0.05, 0.1) is 0 Å². The molecule has 18 heavy (non-hydrogen) atoms. The molecule has 2 nitrogen and oxygen atoms in total. The lowest BCUT2D eigenvalue weighted by atomic mass is 9.90. The van der Waals surface area contributed by atoms with Crippen LogP contribution in [0.3, 0.4) is 0 Å². The maximum atomic E-state index is 5.95. The van der Waals surface area contributed by atoms with Crippen LogP contribution in [0.2, 0.25) is 0 Å². The van der Waals surface area contributed by atoms with Crippen molar-refractivity contribution in [3.05, 3.63) is 29.8 Å². The summed E-state index contributed by atoms with van der Waals surface area (Å²) in [5, 5.41) is 0. The van der Waals surface area contributed by atoms with Crippen LogP contribution < -0.4 is 10.6 Å². The predicted molar refractivity (Wildman–Crippen MR) is 79.0 cm³/mol. The minimum atomic E-state index is 0.380. The van der Waals surface area contributed by atoms with E-state index in [1.807, 2.05) is 0 Å². The Bertz CT molecular complexity index is 392. The number of hydrogen-bond acceptors (Lipinski definition) is 2. The van der Waals surface area contributed by atoms with Crippen molar-refractivity contribution in [2.24, 2.45) is 11.1 Å². The molecule has 1 heterocycles. The van der Waals surface area contributed by atoms with Crippen molar-refractivity contribution >= 4 is 5.69 Å². The number of nitrogens with two attached hydrogens (primary N) is 1. The molecule has 1 aliphatic heterocycles. The molecule has 1 atom stereocenters. The topological polar surface area (TPSA) is 29.3 Å². The molecule has 2 rings (SSSR count). The number of benzene rings is 1. The fourth-order valence-electron chi connectivity index (χ4n) is 2.68. The summed E-state index contributed by atoms with van der Waals surface area (Å²) in [5.41, 5.74) is 9.22. The summed E-state index contributed by atoms with van der Waals surface area (Å²) in [7, 11) is 0. The fraction of sp³-hybridized carbons (Fsp3) is 0.625. The van der Waals surface area contributed by atoms with Gasteiger partial charge in [0.1, 0.15) is 0 Å². The van der Waals surface area contributed by atoms with Gasteiger partial charge in [-0.1, -0.05) is 39.0 Å². The minimum absolute atomic E-state index is 0.380. The Balaban J connectivity index is 2.18. The number of fused-ring (bicyclic) bond motifs is 1. The van der Waals surface area contributed by atoms with Crippen molar-refractivity contribution in [3.63, 3.8) is 0 Å². The van der Waals surface area contributed by atoms with Crippen LogP contribution in [0.15, 0.2) is 24.3 Å². The van der Waals surface area contributed by atoms with E-state index in [1.54, 1.807) is 0 Å². The SMILES string of the molecule is CC(C)(C)CCN1c2ccccc2CCC1CN. The first-order chi connectivity index (χ1) is 8.51. The van der Waals surface area contributed by atoms with Crippen molar-refractivity contribution in [2.45, 2.75) is 46.1 Å². The van der Waals surface area contributed by atoms with Crippen molar-refractivity contribution < 1.29 is 0 Å². The standard InChI is InChI=1S/C16H26N2/c1-16(2,3)10-11-18-14(12-17)9-8-13-6-4-5-7-15(13)18/h4-7,14H,8-12,17H2,1-3H3. The minimum Gasteiger partial charge on any atom is -0.367 e. The van der Waals surface area contributed by atoms with E-state index in [1.165, 1.54) is 30.5 Å². The highest BCUT2D eigenvalue weighted by molar-refractivity contribution is 5.56. The molecule has 0 aliphatic carbocycles. The quantitative estimate of drug-likeness (QED) is 0.887. The Morgan fingerprint density at radius 1 is 1.28 bits per heavy atom. The van der Waals surface area contributed by atoms with E-state index < -0.39 is 0 Å². The zero-order valence-corrected chi connectivity index (χ0v) is 11.9. The largest absolute Gasteiger partial charge is 0.367 e. The highest BCUT2D eigenvalue weighted by Crippen LogP contribution is 2.31. The molecule has 0 saturated carbocycles. The van der Waals surface area contributed by atoms with E-state index in [4.69, 9.17) is 5.73 Å². The van der Waals surface area contributed by atoms with Gasteiger partial charge in [0.15, 0.2) is 0 Å². The third-order valence-corrected chi connectivity index (χ3v) is 3.86. The van der Waals surface area contributed by atoms with E-state index >= 15 is 0 Å². The number of rotatable bonds is 3. The summed E-state index contributed by atoms with van der Waals surface area (Å²) in [6.07, 6.45) is 3.57. The maximum absolute atomic E-state index is 5.95. The van der Waals surface area contributed by atoms with E-state index in [0.717, 1.165) is 13.1 Å². The van der Waals surface area contributed by atoms with E-state index in [-0.39, 0.29) is 0 Å². The van der Waals surface area contributed by atoms with Crippen LogP contribution in [0, 0.1) is 5.41 Å². The van der Waals surface area contributed by atoms with Gasteiger partial charge in [0.25, 0.3) is 0 Å². The Labute approximate surface area is 111 Å². The summed E-state index contributed by atoms with van der Waals surface area (Å²) in [4.78, 5) is 2.53. The molecule has 0 radical (unpaired) electrons. The monoisotopic (exact) mass is 246 g/mol. The normalized spacial score (nSPS) is 19.8. The molecule has 1 unspecified atom stereocenters. The molecule has 0 saturated heterocycles. The number of nitrogens with zero attached hydrogens (tertiary/aromatic N) is 1. The Morgan fingerprint density at radius 2 is 2.00 bits per heavy atom. The van der Waals surface area contributed by atoms with Crippen molar-refractivity contribution in [2.75, 3.05) is 18.0 Å². The van der Waals surface area contributed by atoms with Gasteiger partial charge >= 0.3 is 0 Å². The lowest BCUT2D eigenvalue weighted by molar-refractivity contribution is 0.367. The highest BCUT2D eigenvalue weighted by atomic mass is 15.2. The van der Waals surface area contributed by atoms with Gasteiger partial charge in [-0.3, -0.25) is 0 Å². The molecule has 0 bridgehead atoms. The molecule has 2 heteroatoms. The summed E-state index contributed by atoms with van der Waals surface area (Å²) in [6.45, 7) is 8.79. The second-order valence-electron chi connectivity index (χ2n) is 6.56. The van der Waals surface area contributed by atoms with Gasteiger partial charge in [-0.2, -0.15) is 0 Å². The van der Waals surface area contributed by atoms with E-state index in [2.05, 4.69) is 49.9 Å². The van der Waals surface area contributed by atoms with Gasteiger partial charge in [-0.25, -0.2) is 0 Å². The second-order valence-corrected chi connectivity index (χ2v) is 6.56. The molecule has 1 aliphatic rings. The van der Waals surface area contributed by atoms with Crippen LogP contribution in [0.1, 0.15) is 39.2 Å². The average molecular weight is 246 g/mol. The zero-order valence-electron chi connectivity index (χ0n) is 11.9. The van der Waals surface area contributed by atoms with Crippen LogP contribution >= 0.6 is 0 Å². The molecule has 0 fully saturated rings. The van der Waals surface area contributed by atoms with Gasteiger partial charge in [-0.15, -0.1) is 0 Å². The van der Waals surface area contributed by atoms with Crippen LogP contribution in [0.4, 0.5) is 5.69 Å². The van der Waals surface area contributed by atoms with E-state index in [0.29, 0.717) is 11.5 Å². The Morgan fingerprint density at radius 3 is 2.67 bits per heavy atom. The predicted octanol–water partition coefficient (Wildman–Crippen LogP) is 3.20. The third kappa shape index (κ3) is 3.05. The smallest absolute Gasteiger partial charge is 0.0415 e. The first-order valence-corrected chi connectivity index (χ1v) is 7.06. The molecule has 1 aromatic rings. The van der Waals surface area contributed by atoms with Gasteiger partial charge in [0.2, 0.25) is 0 Å². The van der Waals surface area contributed by atoms with Crippen molar-refractivity contribution in [3.8, 4) is 0 Å². The van der Waals surface area contributed by atoms with E-state index in [9.17, 15) is 0 Å². The summed E-state index contributed by atoms with van der Waals surface area (Å²) in [6, 6.07) is 9.30. The van der Waals surface area contributed by atoms with Crippen LogP contribution in [-0.2, 0) is 6.42 Å². The number of para-hydroxylation sites is 1. The van der Waals surface area contributed by atoms with Gasteiger partial charge in [-0.05, 0) is 36.3 Å². The highest BCUT2D eigenvalue weighted by Gasteiger charge is 2.25. The van der Waals surface area contributed by atoms with Crippen molar-refractivity contribution in [1.29, 1.82) is 0 Å². The summed E-state index contributed by atoms with van der Waals surface area (Å²) in [5.74, 6) is 0. The van der Waals surface area contributed by atoms with Gasteiger partial charge < -0.3 is 10.6 Å². The first-order valence-electron chi connectivity index (χ1n) is 7.06. The molecule has 2 N–H and O–H groups in total. The molecule has 0 spiro atoms.